The molecule has 149 heavy (non-hydrogen) atoms. The van der Waals surface area contributed by atoms with Crippen molar-refractivity contribution in [2.24, 2.45) is 129 Å². The van der Waals surface area contributed by atoms with E-state index in [9.17, 15) is 48.3 Å². The summed E-state index contributed by atoms with van der Waals surface area (Å²) in [5.74, 6) is 5.85. The zero-order chi connectivity index (χ0) is 116. The fourth-order valence-electron chi connectivity index (χ4n) is 18.0. The zero-order valence-electron chi connectivity index (χ0n) is 103. The van der Waals surface area contributed by atoms with E-state index >= 15 is 0 Å². The van der Waals surface area contributed by atoms with E-state index in [1.165, 1.54) is 22.3 Å². The average molecular weight is 2080 g/mol. The Hall–Kier alpha value is -8.83. The van der Waals surface area contributed by atoms with E-state index in [0.717, 1.165) is 135 Å². The minimum atomic E-state index is -0.716. The summed E-state index contributed by atoms with van der Waals surface area (Å²) in [4.78, 5) is 118. The molecule has 0 spiro atoms. The molecule has 22 heteroatoms. The van der Waals surface area contributed by atoms with E-state index in [1.807, 2.05) is 188 Å². The monoisotopic (exact) mass is 2070 g/mol. The Morgan fingerprint density at radius 1 is 0.268 bits per heavy atom. The second-order valence-corrected chi connectivity index (χ2v) is 56.7. The smallest absolute Gasteiger partial charge is 0.307 e. The van der Waals surface area contributed by atoms with E-state index in [-0.39, 0.29) is 153 Å². The van der Waals surface area contributed by atoms with Crippen LogP contribution in [0, 0.1) is 124 Å². The van der Waals surface area contributed by atoms with Crippen LogP contribution in [0.2, 0.25) is 0 Å². The second-order valence-electron chi connectivity index (χ2n) is 56.7. The van der Waals surface area contributed by atoms with Crippen LogP contribution in [0.15, 0.2) is 152 Å². The number of nitrogens with two attached hydrogens (primary N) is 1. The van der Waals surface area contributed by atoms with Gasteiger partial charge in [0.15, 0.2) is 0 Å². The molecule has 3 aliphatic rings. The van der Waals surface area contributed by atoms with Crippen LogP contribution < -0.4 is 27.1 Å². The number of hydrogen-bond acceptors (Lipinski definition) is 13. The molecule has 8 rings (SSSR count). The normalized spacial score (nSPS) is 16.0. The van der Waals surface area contributed by atoms with Gasteiger partial charge < -0.3 is 56.0 Å². The van der Waals surface area contributed by atoms with Crippen LogP contribution in [-0.4, -0.2) is 214 Å². The summed E-state index contributed by atoms with van der Waals surface area (Å²) >= 11 is 0. The first kappa shape index (κ1) is 140. The van der Waals surface area contributed by atoms with Gasteiger partial charge in [-0.2, -0.15) is 0 Å². The van der Waals surface area contributed by atoms with Crippen LogP contribution in [0.1, 0.15) is 324 Å². The molecule has 9 unspecified atom stereocenters. The number of rotatable bonds is 23. The molecule has 848 valence electrons. The number of carboxylic acid groups (broad SMARTS) is 2. The minimum Gasteiger partial charge on any atom is -0.481 e. The maximum Gasteiger partial charge on any atom is 0.307 e. The standard InChI is InChI=1S/C17H27N3O.C17H26N2O.C15H30N2O.C15H23NO.C14H21NO.C13H27NO.C13H18O2.C12H25NO.C11H22O2/c1-17(2,3)15(13-14-7-5-4-6-8-14)16(21)19-9-11-20(18)12-10-19;1-17(2,3)15(13-14-7-5-4-6-8-14)16(20)19-11-9-18-10-12-19;1-14(2,3)11-12(15(4,5)6)13(18)17-9-7-16-8-10-17;1-15(2,3)13(14(17)16(4)5)11-12-9-7-6-8-10-12;1-14(2,3)12(13(16)15-4)10-11-8-6-5-7-9-11;1-12(2,3)9-10(13(4,5)6)11(15)14(7)8;1-13(2,3)11(12(14)15)9-10-7-5-4-6-8-10;1-11(2,3)8-9(10(14)13-7)12(4,5)6;1-10(2,3)7-8(9(12)13)11(4,5)6/h4-8,15H,9-13,18H2,1-3H3;4-8,15,18H,9-13H2,1-3H3;12,16H,7-11H2,1-6H3;6-10,13H,11H2,1-5H3;5-9,12H,10H2,1-4H3,(H,15,16);10H,9H2,1-8H3;4-8,11H,9H2,1-3H3,(H,14,15);9H,8H2,1-7H3,(H,13,14);8H,7H2,1-6H3,(H,12,13). The predicted molar refractivity (Wildman–Crippen MR) is 626 cm³/mol. The molecule has 0 aromatic heterocycles. The molecule has 22 nitrogen and oxygen atoms in total. The highest BCUT2D eigenvalue weighted by Gasteiger charge is 2.43. The zero-order valence-corrected chi connectivity index (χ0v) is 103. The predicted octanol–water partition coefficient (Wildman–Crippen LogP) is 24.5. The van der Waals surface area contributed by atoms with Gasteiger partial charge in [-0.1, -0.05) is 422 Å². The summed E-state index contributed by atoms with van der Waals surface area (Å²) in [5, 5.41) is 32.1. The van der Waals surface area contributed by atoms with Crippen molar-refractivity contribution in [1.82, 2.24) is 50.8 Å². The van der Waals surface area contributed by atoms with Crippen LogP contribution in [0.4, 0.5) is 0 Å². The SMILES string of the molecule is CC(C)(C)C(Cc1ccccc1)C(=O)N1CCN(N)CC1.CC(C)(C)C(Cc1ccccc1)C(=O)N1CCNCC1.CC(C)(C)C(Cc1ccccc1)C(=O)O.CC(C)(C)CC(C(=O)N1CCNCC1)C(C)(C)C.CC(C)(C)CC(C(=O)O)C(C)(C)C.CN(C)C(=O)C(CC(C)(C)C)C(C)(C)C.CN(C)C(=O)C(Cc1ccccc1)C(C)(C)C.CNC(=O)C(CC(C)(C)C)C(C)(C)C.CNC(=O)C(Cc1ccccc1)C(C)(C)C. The van der Waals surface area contributed by atoms with Gasteiger partial charge in [-0.05, 0) is 156 Å². The van der Waals surface area contributed by atoms with E-state index < -0.39 is 11.9 Å². The number of hydrazine groups is 1. The van der Waals surface area contributed by atoms with Gasteiger partial charge in [-0.15, -0.1) is 0 Å². The molecule has 3 saturated heterocycles. The molecule has 0 aliphatic carbocycles. The summed E-state index contributed by atoms with van der Waals surface area (Å²) in [6, 6.07) is 50.8. The molecule has 9 atom stereocenters. The third-order valence-electron chi connectivity index (χ3n) is 27.7. The average Bonchev–Trinajstić information content (AvgIpc) is 0.825. The number of carbonyl (C=O) groups is 9. The number of carbonyl (C=O) groups excluding carboxylic acids is 7. The topological polar surface area (TPSA) is 288 Å². The lowest BCUT2D eigenvalue weighted by Gasteiger charge is -2.39. The Bertz CT molecular complexity index is 4640. The first-order chi connectivity index (χ1) is 67.7. The molecule has 0 radical (unpaired) electrons. The van der Waals surface area contributed by atoms with Crippen LogP contribution >= 0.6 is 0 Å². The van der Waals surface area contributed by atoms with Crippen molar-refractivity contribution >= 4 is 53.3 Å². The molecule has 0 saturated carbocycles. The maximum atomic E-state index is 12.9. The van der Waals surface area contributed by atoms with E-state index in [2.05, 4.69) is 298 Å². The molecule has 0 bridgehead atoms. The van der Waals surface area contributed by atoms with Gasteiger partial charge in [-0.25, -0.2) is 5.01 Å². The Kier molecular flexibility index (Phi) is 58.8. The number of aliphatic carboxylic acids is 2. The summed E-state index contributed by atoms with van der Waals surface area (Å²) < 4.78 is 0. The fourth-order valence-corrected chi connectivity index (χ4v) is 18.0. The van der Waals surface area contributed by atoms with Gasteiger partial charge in [0.2, 0.25) is 41.4 Å². The molecular formula is C127H219N11O11. The van der Waals surface area contributed by atoms with Crippen LogP contribution in [0.25, 0.3) is 0 Å². The molecule has 3 fully saturated rings. The molecule has 3 heterocycles. The van der Waals surface area contributed by atoms with Crippen LogP contribution in [0.5, 0.6) is 0 Å². The van der Waals surface area contributed by atoms with Gasteiger partial charge >= 0.3 is 11.9 Å². The third kappa shape index (κ3) is 58.7. The van der Waals surface area contributed by atoms with Gasteiger partial charge in [0.25, 0.3) is 0 Å². The van der Waals surface area contributed by atoms with Crippen LogP contribution in [0.3, 0.4) is 0 Å². The summed E-state index contributed by atoms with van der Waals surface area (Å²) in [7, 11) is 10.7. The molecule has 5 aromatic rings. The first-order valence-corrected chi connectivity index (χ1v) is 55.0. The highest BCUT2D eigenvalue weighted by atomic mass is 16.4. The van der Waals surface area contributed by atoms with E-state index in [0.29, 0.717) is 18.2 Å². The highest BCUT2D eigenvalue weighted by molar-refractivity contribution is 5.83. The first-order valence-electron chi connectivity index (χ1n) is 55.0. The Balaban J connectivity index is 0.00000166. The maximum absolute atomic E-state index is 12.9. The number of amides is 7. The van der Waals surface area contributed by atoms with Crippen molar-refractivity contribution in [2.75, 3.05) is 121 Å². The lowest BCUT2D eigenvalue weighted by atomic mass is 9.71. The quantitative estimate of drug-likeness (QED) is 0.0299. The molecule has 7 amide bonds. The van der Waals surface area contributed by atoms with Crippen molar-refractivity contribution in [3.63, 3.8) is 0 Å². The number of nitrogens with zero attached hydrogens (tertiary/aromatic N) is 6. The second kappa shape index (κ2) is 62.5. The third-order valence-corrected chi connectivity index (χ3v) is 27.7. The van der Waals surface area contributed by atoms with Gasteiger partial charge in [0.1, 0.15) is 0 Å². The fraction of sp³-hybridized carbons (Fsp3) is 0.693. The minimum absolute atomic E-state index is 0.00391. The number of benzene rings is 5. The highest BCUT2D eigenvalue weighted by Crippen LogP contribution is 2.43. The Morgan fingerprint density at radius 2 is 0.463 bits per heavy atom. The van der Waals surface area contributed by atoms with Crippen molar-refractivity contribution in [1.29, 1.82) is 0 Å². The van der Waals surface area contributed by atoms with Crippen molar-refractivity contribution in [2.45, 2.75) is 328 Å². The van der Waals surface area contributed by atoms with Crippen molar-refractivity contribution < 1.29 is 53.4 Å². The summed E-state index contributed by atoms with van der Waals surface area (Å²) in [5.41, 5.74) is 6.31. The van der Waals surface area contributed by atoms with Crippen molar-refractivity contribution in [3.8, 4) is 0 Å². The number of nitrogens with one attached hydrogen (secondary N) is 4. The molecule has 8 N–H and O–H groups in total. The lowest BCUT2D eigenvalue weighted by Crippen LogP contribution is -2.54. The van der Waals surface area contributed by atoms with Gasteiger partial charge in [0, 0.05) is 162 Å². The largest absolute Gasteiger partial charge is 0.481 e. The number of piperazine rings is 3. The molecule has 5 aromatic carbocycles. The molecular weight excluding hydrogens is 1860 g/mol. The Labute approximate surface area is 909 Å². The lowest BCUT2D eigenvalue weighted by molar-refractivity contribution is -0.147. The Morgan fingerprint density at radius 3 is 0.685 bits per heavy atom. The summed E-state index contributed by atoms with van der Waals surface area (Å²) in [6.45, 7) is 92.9. The number of carboxylic acids is 2. The number of hydrogen-bond donors (Lipinski definition) is 7. The van der Waals surface area contributed by atoms with Crippen molar-refractivity contribution in [3.05, 3.63) is 179 Å². The van der Waals surface area contributed by atoms with Gasteiger partial charge in [-0.3, -0.25) is 49.0 Å². The van der Waals surface area contributed by atoms with E-state index in [1.54, 1.807) is 28.9 Å². The molecule has 3 aliphatic heterocycles. The summed E-state index contributed by atoms with van der Waals surface area (Å²) in [6.07, 6.45) is 7.37. The van der Waals surface area contributed by atoms with Gasteiger partial charge in [0.05, 0.1) is 11.8 Å². The van der Waals surface area contributed by atoms with Crippen LogP contribution in [-0.2, 0) is 75.3 Å². The van der Waals surface area contributed by atoms with E-state index in [4.69, 9.17) is 10.9 Å².